The lowest BCUT2D eigenvalue weighted by Gasteiger charge is -2.06. The van der Waals surface area contributed by atoms with Gasteiger partial charge in [-0.05, 0) is 25.1 Å². The first-order valence-electron chi connectivity index (χ1n) is 5.19. The molecule has 0 aliphatic rings. The van der Waals surface area contributed by atoms with Gasteiger partial charge in [0.15, 0.2) is 0 Å². The minimum Gasteiger partial charge on any atom is -0.507 e. The summed E-state index contributed by atoms with van der Waals surface area (Å²) in [7, 11) is -3.99. The highest BCUT2D eigenvalue weighted by Crippen LogP contribution is 2.24. The average molecular weight is 315 g/mol. The molecule has 10 heteroatoms. The lowest BCUT2D eigenvalue weighted by Crippen LogP contribution is -2.13. The van der Waals surface area contributed by atoms with E-state index in [9.17, 15) is 18.3 Å². The minimum absolute atomic E-state index is 0.0763. The Labute approximate surface area is 117 Å². The van der Waals surface area contributed by atoms with E-state index >= 15 is 0 Å². The Morgan fingerprint density at radius 1 is 1.35 bits per heavy atom. The number of aromatic nitrogens is 2. The molecule has 0 aliphatic heterocycles. The van der Waals surface area contributed by atoms with E-state index in [1.807, 2.05) is 0 Å². The smallest absolute Gasteiger partial charge is 0.339 e. The Hall–Kier alpha value is -2.20. The number of nitrogens with one attached hydrogen (secondary N) is 1. The highest BCUT2D eigenvalue weighted by atomic mass is 32.2. The number of aryl methyl sites for hydroxylation is 1. The number of hydrogen-bond acceptors (Lipinski definition) is 7. The number of rotatable bonds is 4. The number of aromatic hydroxyl groups is 1. The Morgan fingerprint density at radius 3 is 2.60 bits per heavy atom. The van der Waals surface area contributed by atoms with Crippen LogP contribution in [0.5, 0.6) is 5.75 Å². The zero-order valence-electron chi connectivity index (χ0n) is 10.1. The van der Waals surface area contributed by atoms with E-state index in [0.717, 1.165) is 29.5 Å². The fourth-order valence-electron chi connectivity index (χ4n) is 1.37. The maximum Gasteiger partial charge on any atom is 0.339 e. The normalized spacial score (nSPS) is 11.2. The summed E-state index contributed by atoms with van der Waals surface area (Å²) in [6.07, 6.45) is 0. The number of sulfonamides is 1. The Balaban J connectivity index is 2.39. The van der Waals surface area contributed by atoms with E-state index < -0.39 is 27.3 Å². The second kappa shape index (κ2) is 5.06. The number of aromatic carboxylic acids is 1. The molecule has 0 fully saturated rings. The van der Waals surface area contributed by atoms with Gasteiger partial charge in [-0.2, -0.15) is 0 Å². The monoisotopic (exact) mass is 315 g/mol. The zero-order valence-corrected chi connectivity index (χ0v) is 11.7. The van der Waals surface area contributed by atoms with E-state index in [0.29, 0.717) is 5.01 Å². The van der Waals surface area contributed by atoms with E-state index in [-0.39, 0.29) is 10.0 Å². The van der Waals surface area contributed by atoms with Gasteiger partial charge >= 0.3 is 5.97 Å². The fraction of sp³-hybridized carbons (Fsp3) is 0.100. The summed E-state index contributed by atoms with van der Waals surface area (Å²) < 4.78 is 26.3. The molecule has 0 spiro atoms. The summed E-state index contributed by atoms with van der Waals surface area (Å²) in [5.41, 5.74) is -0.499. The molecule has 1 aromatic heterocycles. The van der Waals surface area contributed by atoms with Crippen molar-refractivity contribution in [3.63, 3.8) is 0 Å². The molecule has 0 saturated carbocycles. The number of carboxylic acids is 1. The van der Waals surface area contributed by atoms with Crippen molar-refractivity contribution in [3.05, 3.63) is 28.8 Å². The predicted molar refractivity (Wildman–Crippen MR) is 70.5 cm³/mol. The lowest BCUT2D eigenvalue weighted by molar-refractivity contribution is 0.0693. The van der Waals surface area contributed by atoms with Crippen LogP contribution in [-0.2, 0) is 10.0 Å². The summed E-state index contributed by atoms with van der Waals surface area (Å²) in [5.74, 6) is -1.94. The number of benzene rings is 1. The van der Waals surface area contributed by atoms with E-state index in [1.165, 1.54) is 0 Å². The molecule has 0 aliphatic carbocycles. The number of anilines is 1. The number of carbonyl (C=O) groups is 1. The first-order valence-corrected chi connectivity index (χ1v) is 7.49. The van der Waals surface area contributed by atoms with Crippen molar-refractivity contribution in [2.24, 2.45) is 0 Å². The molecule has 106 valence electrons. The topological polar surface area (TPSA) is 129 Å². The lowest BCUT2D eigenvalue weighted by atomic mass is 10.2. The zero-order chi connectivity index (χ0) is 14.9. The van der Waals surface area contributed by atoms with E-state index in [4.69, 9.17) is 5.11 Å². The van der Waals surface area contributed by atoms with Crippen molar-refractivity contribution in [1.82, 2.24) is 10.2 Å². The number of carboxylic acid groups (broad SMARTS) is 1. The average Bonchev–Trinajstić information content (AvgIpc) is 2.73. The van der Waals surface area contributed by atoms with Gasteiger partial charge in [0.1, 0.15) is 16.3 Å². The van der Waals surface area contributed by atoms with Crippen LogP contribution in [0.3, 0.4) is 0 Å². The quantitative estimate of drug-likeness (QED) is 0.768. The van der Waals surface area contributed by atoms with Gasteiger partial charge in [0.25, 0.3) is 10.0 Å². The summed E-state index contributed by atoms with van der Waals surface area (Å²) in [5, 5.41) is 26.1. The van der Waals surface area contributed by atoms with Crippen molar-refractivity contribution in [3.8, 4) is 5.75 Å². The Kier molecular flexibility index (Phi) is 3.59. The molecule has 0 radical (unpaired) electrons. The standard InChI is InChI=1S/C10H9N3O5S2/c1-5-11-12-10(19-5)13-20(17,18)6-2-3-8(14)7(4-6)9(15)16/h2-4,14H,1H3,(H,12,13)(H,15,16). The van der Waals surface area contributed by atoms with Crippen LogP contribution in [0.25, 0.3) is 0 Å². The third kappa shape index (κ3) is 2.86. The molecule has 0 bridgehead atoms. The van der Waals surface area contributed by atoms with E-state index in [1.54, 1.807) is 6.92 Å². The first-order chi connectivity index (χ1) is 9.29. The van der Waals surface area contributed by atoms with Crippen LogP contribution in [-0.4, -0.2) is 34.8 Å². The highest BCUT2D eigenvalue weighted by molar-refractivity contribution is 7.93. The first kappa shape index (κ1) is 14.2. The second-order valence-corrected chi connectivity index (χ2v) is 6.58. The molecule has 2 rings (SSSR count). The highest BCUT2D eigenvalue weighted by Gasteiger charge is 2.20. The SMILES string of the molecule is Cc1nnc(NS(=O)(=O)c2ccc(O)c(C(=O)O)c2)s1. The number of nitrogens with zero attached hydrogens (tertiary/aromatic N) is 2. The maximum atomic E-state index is 12.1. The van der Waals surface area contributed by atoms with Crippen LogP contribution in [0.15, 0.2) is 23.1 Å². The molecule has 2 aromatic rings. The van der Waals surface area contributed by atoms with Gasteiger partial charge < -0.3 is 10.2 Å². The van der Waals surface area contributed by atoms with Gasteiger partial charge in [-0.1, -0.05) is 11.3 Å². The minimum atomic E-state index is -3.99. The molecule has 0 atom stereocenters. The van der Waals surface area contributed by atoms with Gasteiger partial charge in [0.2, 0.25) is 5.13 Å². The van der Waals surface area contributed by atoms with Crippen LogP contribution < -0.4 is 4.72 Å². The van der Waals surface area contributed by atoms with Crippen LogP contribution in [0, 0.1) is 6.92 Å². The largest absolute Gasteiger partial charge is 0.507 e. The van der Waals surface area contributed by atoms with Gasteiger partial charge in [-0.15, -0.1) is 10.2 Å². The number of hydrogen-bond donors (Lipinski definition) is 3. The van der Waals surface area contributed by atoms with Crippen molar-refractivity contribution < 1.29 is 23.4 Å². The Morgan fingerprint density at radius 2 is 2.05 bits per heavy atom. The number of phenols is 1. The third-order valence-corrected chi connectivity index (χ3v) is 4.48. The fourth-order valence-corrected chi connectivity index (χ4v) is 3.21. The van der Waals surface area contributed by atoms with Gasteiger partial charge in [-0.3, -0.25) is 4.72 Å². The molecule has 1 heterocycles. The molecular weight excluding hydrogens is 306 g/mol. The van der Waals surface area contributed by atoms with E-state index in [2.05, 4.69) is 14.9 Å². The van der Waals surface area contributed by atoms with Gasteiger partial charge in [0, 0.05) is 0 Å². The molecular formula is C10H9N3O5S2. The van der Waals surface area contributed by atoms with Crippen LogP contribution in [0.4, 0.5) is 5.13 Å². The maximum absolute atomic E-state index is 12.1. The molecule has 0 saturated heterocycles. The summed E-state index contributed by atoms with van der Waals surface area (Å²) in [4.78, 5) is 10.6. The Bertz CT molecular complexity index is 769. The summed E-state index contributed by atoms with van der Waals surface area (Å²) in [6.45, 7) is 1.67. The predicted octanol–water partition coefficient (Wildman–Crippen LogP) is 1.05. The molecule has 20 heavy (non-hydrogen) atoms. The van der Waals surface area contributed by atoms with Gasteiger partial charge in [-0.25, -0.2) is 13.2 Å². The summed E-state index contributed by atoms with van der Waals surface area (Å²) in [6, 6.07) is 2.97. The molecule has 0 amide bonds. The van der Waals surface area contributed by atoms with Crippen molar-refractivity contribution in [2.45, 2.75) is 11.8 Å². The van der Waals surface area contributed by atoms with Crippen molar-refractivity contribution in [2.75, 3.05) is 4.72 Å². The van der Waals surface area contributed by atoms with Crippen LogP contribution in [0.2, 0.25) is 0 Å². The van der Waals surface area contributed by atoms with Crippen LogP contribution in [0.1, 0.15) is 15.4 Å². The van der Waals surface area contributed by atoms with Gasteiger partial charge in [0.05, 0.1) is 4.90 Å². The molecule has 0 unspecified atom stereocenters. The molecule has 8 nitrogen and oxygen atoms in total. The third-order valence-electron chi connectivity index (χ3n) is 2.26. The second-order valence-electron chi connectivity index (χ2n) is 3.72. The molecule has 1 aromatic carbocycles. The summed E-state index contributed by atoms with van der Waals surface area (Å²) >= 11 is 1.04. The van der Waals surface area contributed by atoms with Crippen LogP contribution >= 0.6 is 11.3 Å². The van der Waals surface area contributed by atoms with Crippen molar-refractivity contribution >= 4 is 32.5 Å². The van der Waals surface area contributed by atoms with Crippen molar-refractivity contribution in [1.29, 1.82) is 0 Å². The molecule has 3 N–H and O–H groups in total.